The van der Waals surface area contributed by atoms with Gasteiger partial charge in [0, 0.05) is 4.47 Å². The van der Waals surface area contributed by atoms with Crippen molar-refractivity contribution in [3.8, 4) is 5.75 Å². The van der Waals surface area contributed by atoms with Crippen molar-refractivity contribution in [3.05, 3.63) is 58.3 Å². The standard InChI is InChI=1S/C15H11BrClN3O2/c16-10-5-6-14(11(17)7-10)22-8-15(21)19-20-9-18-12-3-1-2-4-13(12)20/h1-7,9H,8H2,(H,19,21). The molecule has 0 spiro atoms. The fourth-order valence-electron chi connectivity index (χ4n) is 1.95. The van der Waals surface area contributed by atoms with E-state index in [1.165, 1.54) is 0 Å². The Kier molecular flexibility index (Phi) is 4.31. The SMILES string of the molecule is O=C(COc1ccc(Br)cc1Cl)Nn1cnc2ccccc21. The molecule has 1 N–H and O–H groups in total. The number of hydrogen-bond acceptors (Lipinski definition) is 3. The van der Waals surface area contributed by atoms with Crippen molar-refractivity contribution in [2.24, 2.45) is 0 Å². The van der Waals surface area contributed by atoms with Crippen LogP contribution in [0.1, 0.15) is 0 Å². The molecule has 1 heterocycles. The van der Waals surface area contributed by atoms with E-state index in [2.05, 4.69) is 26.3 Å². The van der Waals surface area contributed by atoms with Crippen molar-refractivity contribution in [2.45, 2.75) is 0 Å². The number of rotatable bonds is 4. The lowest BCUT2D eigenvalue weighted by Gasteiger charge is -2.10. The van der Waals surface area contributed by atoms with Crippen LogP contribution in [0.4, 0.5) is 0 Å². The Balaban J connectivity index is 1.65. The fraction of sp³-hybridized carbons (Fsp3) is 0.0667. The van der Waals surface area contributed by atoms with Crippen LogP contribution < -0.4 is 10.2 Å². The van der Waals surface area contributed by atoms with Gasteiger partial charge in [-0.25, -0.2) is 9.66 Å². The van der Waals surface area contributed by atoms with E-state index in [9.17, 15) is 4.79 Å². The number of para-hydroxylation sites is 2. The van der Waals surface area contributed by atoms with Gasteiger partial charge in [-0.2, -0.15) is 0 Å². The highest BCUT2D eigenvalue weighted by Crippen LogP contribution is 2.27. The number of imidazole rings is 1. The molecule has 0 bridgehead atoms. The summed E-state index contributed by atoms with van der Waals surface area (Å²) in [6.07, 6.45) is 1.55. The van der Waals surface area contributed by atoms with Gasteiger partial charge in [-0.3, -0.25) is 10.2 Å². The average molecular weight is 381 g/mol. The Morgan fingerprint density at radius 2 is 2.14 bits per heavy atom. The number of nitrogens with one attached hydrogen (secondary N) is 1. The molecule has 2 aromatic carbocycles. The van der Waals surface area contributed by atoms with Gasteiger partial charge in [0.1, 0.15) is 12.1 Å². The first kappa shape index (κ1) is 14.9. The summed E-state index contributed by atoms with van der Waals surface area (Å²) in [5, 5.41) is 0.440. The first-order chi connectivity index (χ1) is 10.6. The summed E-state index contributed by atoms with van der Waals surface area (Å²) >= 11 is 9.34. The van der Waals surface area contributed by atoms with Gasteiger partial charge in [-0.1, -0.05) is 39.7 Å². The van der Waals surface area contributed by atoms with Crippen LogP contribution in [0.2, 0.25) is 5.02 Å². The molecule has 0 radical (unpaired) electrons. The molecule has 22 heavy (non-hydrogen) atoms. The molecule has 7 heteroatoms. The average Bonchev–Trinajstić information content (AvgIpc) is 2.90. The van der Waals surface area contributed by atoms with Gasteiger partial charge in [0.25, 0.3) is 5.91 Å². The van der Waals surface area contributed by atoms with Crippen LogP contribution in [0, 0.1) is 0 Å². The van der Waals surface area contributed by atoms with Gasteiger partial charge in [0.05, 0.1) is 16.1 Å². The van der Waals surface area contributed by atoms with Crippen molar-refractivity contribution >= 4 is 44.5 Å². The van der Waals surface area contributed by atoms with Gasteiger partial charge in [0.15, 0.2) is 6.61 Å². The number of hydrogen-bond donors (Lipinski definition) is 1. The van der Waals surface area contributed by atoms with E-state index < -0.39 is 0 Å². The van der Waals surface area contributed by atoms with Crippen LogP contribution in [0.3, 0.4) is 0 Å². The van der Waals surface area contributed by atoms with Crippen LogP contribution in [-0.4, -0.2) is 22.2 Å². The molecule has 1 aromatic heterocycles. The predicted molar refractivity (Wildman–Crippen MR) is 88.7 cm³/mol. The molecule has 0 saturated carbocycles. The van der Waals surface area contributed by atoms with Crippen molar-refractivity contribution in [1.29, 1.82) is 0 Å². The molecule has 3 rings (SSSR count). The number of carbonyl (C=O) groups excluding carboxylic acids is 1. The zero-order valence-corrected chi connectivity index (χ0v) is 13.6. The van der Waals surface area contributed by atoms with Crippen molar-refractivity contribution in [2.75, 3.05) is 12.0 Å². The van der Waals surface area contributed by atoms with Crippen LogP contribution in [-0.2, 0) is 4.79 Å². The number of benzene rings is 2. The van der Waals surface area contributed by atoms with Crippen LogP contribution in [0.5, 0.6) is 5.75 Å². The third kappa shape index (κ3) is 3.23. The highest BCUT2D eigenvalue weighted by molar-refractivity contribution is 9.10. The second-order valence-corrected chi connectivity index (χ2v) is 5.82. The lowest BCUT2D eigenvalue weighted by atomic mass is 10.3. The summed E-state index contributed by atoms with van der Waals surface area (Å²) in [6.45, 7) is -0.145. The van der Waals surface area contributed by atoms with E-state index in [-0.39, 0.29) is 12.5 Å². The van der Waals surface area contributed by atoms with Crippen molar-refractivity contribution in [1.82, 2.24) is 9.66 Å². The third-order valence-corrected chi connectivity index (χ3v) is 3.74. The number of nitrogens with zero attached hydrogens (tertiary/aromatic N) is 2. The van der Waals surface area contributed by atoms with Crippen LogP contribution >= 0.6 is 27.5 Å². The summed E-state index contributed by atoms with van der Waals surface area (Å²) in [4.78, 5) is 16.2. The lowest BCUT2D eigenvalue weighted by Crippen LogP contribution is -2.27. The van der Waals surface area contributed by atoms with E-state index in [1.807, 2.05) is 24.3 Å². The number of fused-ring (bicyclic) bond motifs is 1. The van der Waals surface area contributed by atoms with Gasteiger partial charge >= 0.3 is 0 Å². The molecule has 5 nitrogen and oxygen atoms in total. The first-order valence-corrected chi connectivity index (χ1v) is 7.60. The molecule has 0 saturated heterocycles. The van der Waals surface area contributed by atoms with E-state index in [0.29, 0.717) is 10.8 Å². The quantitative estimate of drug-likeness (QED) is 0.752. The van der Waals surface area contributed by atoms with Gasteiger partial charge in [-0.05, 0) is 30.3 Å². The molecule has 0 aliphatic heterocycles. The molecule has 0 fully saturated rings. The highest BCUT2D eigenvalue weighted by atomic mass is 79.9. The second-order valence-electron chi connectivity index (χ2n) is 4.50. The predicted octanol–water partition coefficient (Wildman–Crippen LogP) is 3.60. The molecule has 3 aromatic rings. The Morgan fingerprint density at radius 3 is 2.95 bits per heavy atom. The summed E-state index contributed by atoms with van der Waals surface area (Å²) in [6, 6.07) is 12.7. The zero-order valence-electron chi connectivity index (χ0n) is 11.3. The van der Waals surface area contributed by atoms with E-state index in [1.54, 1.807) is 29.2 Å². The molecule has 0 atom stereocenters. The number of halogens is 2. The largest absolute Gasteiger partial charge is 0.482 e. The number of carbonyl (C=O) groups is 1. The maximum Gasteiger partial charge on any atom is 0.276 e. The van der Waals surface area contributed by atoms with Gasteiger partial charge < -0.3 is 4.74 Å². The van der Waals surface area contributed by atoms with Crippen LogP contribution in [0.25, 0.3) is 11.0 Å². The molecule has 0 unspecified atom stereocenters. The van der Waals surface area contributed by atoms with Gasteiger partial charge in [-0.15, -0.1) is 0 Å². The summed E-state index contributed by atoms with van der Waals surface area (Å²) < 4.78 is 7.82. The highest BCUT2D eigenvalue weighted by Gasteiger charge is 2.08. The smallest absolute Gasteiger partial charge is 0.276 e. The molecular formula is C15H11BrClN3O2. The second kappa shape index (κ2) is 6.37. The molecule has 112 valence electrons. The molecule has 0 aliphatic rings. The van der Waals surface area contributed by atoms with Gasteiger partial charge in [0.2, 0.25) is 0 Å². The Hall–Kier alpha value is -2.05. The zero-order chi connectivity index (χ0) is 15.5. The maximum atomic E-state index is 12.0. The minimum atomic E-state index is -0.304. The molecular weight excluding hydrogens is 370 g/mol. The minimum absolute atomic E-state index is 0.145. The number of aromatic nitrogens is 2. The summed E-state index contributed by atoms with van der Waals surface area (Å²) in [5.74, 6) is 0.151. The maximum absolute atomic E-state index is 12.0. The fourth-order valence-corrected chi connectivity index (χ4v) is 2.68. The van der Waals surface area contributed by atoms with Crippen LogP contribution in [0.15, 0.2) is 53.3 Å². The Bertz CT molecular complexity index is 835. The normalized spacial score (nSPS) is 10.6. The minimum Gasteiger partial charge on any atom is -0.482 e. The van der Waals surface area contributed by atoms with E-state index >= 15 is 0 Å². The number of amides is 1. The Morgan fingerprint density at radius 1 is 1.32 bits per heavy atom. The molecule has 0 aliphatic carbocycles. The summed E-state index contributed by atoms with van der Waals surface area (Å²) in [5.41, 5.74) is 4.33. The Labute approximate surface area is 140 Å². The lowest BCUT2D eigenvalue weighted by molar-refractivity contribution is -0.119. The summed E-state index contributed by atoms with van der Waals surface area (Å²) in [7, 11) is 0. The topological polar surface area (TPSA) is 56.1 Å². The first-order valence-electron chi connectivity index (χ1n) is 6.43. The molecule has 1 amide bonds. The van der Waals surface area contributed by atoms with Crippen molar-refractivity contribution in [3.63, 3.8) is 0 Å². The van der Waals surface area contributed by atoms with E-state index in [0.717, 1.165) is 15.5 Å². The van der Waals surface area contributed by atoms with E-state index in [4.69, 9.17) is 16.3 Å². The number of ether oxygens (including phenoxy) is 1. The monoisotopic (exact) mass is 379 g/mol. The third-order valence-electron chi connectivity index (χ3n) is 2.95. The van der Waals surface area contributed by atoms with Crippen molar-refractivity contribution < 1.29 is 9.53 Å².